The number of piperazine rings is 1. The SMILES string of the molecule is CN1CCN(C2(C(=O)O)CCC2)CC1. The zero-order valence-electron chi connectivity index (χ0n) is 8.70. The number of rotatable bonds is 2. The van der Waals surface area contributed by atoms with Crippen LogP contribution in [0.1, 0.15) is 19.3 Å². The molecule has 0 aromatic heterocycles. The molecule has 14 heavy (non-hydrogen) atoms. The van der Waals surface area contributed by atoms with E-state index in [0.29, 0.717) is 0 Å². The van der Waals surface area contributed by atoms with Gasteiger partial charge in [-0.3, -0.25) is 9.69 Å². The number of nitrogens with zero attached hydrogens (tertiary/aromatic N) is 2. The molecule has 1 saturated heterocycles. The second-order valence-electron chi connectivity index (χ2n) is 4.48. The molecular weight excluding hydrogens is 180 g/mol. The van der Waals surface area contributed by atoms with Crippen LogP contribution in [0.4, 0.5) is 0 Å². The normalized spacial score (nSPS) is 28.4. The van der Waals surface area contributed by atoms with Crippen LogP contribution in [-0.4, -0.2) is 59.6 Å². The summed E-state index contributed by atoms with van der Waals surface area (Å²) in [6, 6.07) is 0. The molecular formula is C10H18N2O2. The Kier molecular flexibility index (Phi) is 2.49. The second kappa shape index (κ2) is 3.51. The maximum absolute atomic E-state index is 11.2. The smallest absolute Gasteiger partial charge is 0.324 e. The number of likely N-dealkylation sites (N-methyl/N-ethyl adjacent to an activating group) is 1. The lowest BCUT2D eigenvalue weighted by Crippen LogP contribution is -2.63. The van der Waals surface area contributed by atoms with Gasteiger partial charge in [0.2, 0.25) is 0 Å². The summed E-state index contributed by atoms with van der Waals surface area (Å²) in [6.45, 7) is 3.80. The molecule has 2 fully saturated rings. The first-order chi connectivity index (χ1) is 6.65. The highest BCUT2D eigenvalue weighted by Gasteiger charge is 2.49. The van der Waals surface area contributed by atoms with Gasteiger partial charge in [-0.1, -0.05) is 0 Å². The number of aliphatic carboxylic acids is 1. The Hall–Kier alpha value is -0.610. The number of carboxylic acid groups (broad SMARTS) is 1. The molecule has 80 valence electrons. The summed E-state index contributed by atoms with van der Waals surface area (Å²) in [5, 5.41) is 9.25. The summed E-state index contributed by atoms with van der Waals surface area (Å²) < 4.78 is 0. The topological polar surface area (TPSA) is 43.8 Å². The summed E-state index contributed by atoms with van der Waals surface area (Å²) in [6.07, 6.45) is 2.75. The van der Waals surface area contributed by atoms with Crippen molar-refractivity contribution in [2.75, 3.05) is 33.2 Å². The zero-order chi connectivity index (χ0) is 10.2. The van der Waals surface area contributed by atoms with Gasteiger partial charge in [0.1, 0.15) is 5.54 Å². The van der Waals surface area contributed by atoms with Crippen molar-refractivity contribution in [1.82, 2.24) is 9.80 Å². The third kappa shape index (κ3) is 1.42. The van der Waals surface area contributed by atoms with Crippen molar-refractivity contribution >= 4 is 5.97 Å². The van der Waals surface area contributed by atoms with Crippen molar-refractivity contribution in [3.05, 3.63) is 0 Å². The highest BCUT2D eigenvalue weighted by molar-refractivity contribution is 5.80. The summed E-state index contributed by atoms with van der Waals surface area (Å²) >= 11 is 0. The fourth-order valence-electron chi connectivity index (χ4n) is 2.41. The van der Waals surface area contributed by atoms with Gasteiger partial charge >= 0.3 is 5.97 Å². The van der Waals surface area contributed by atoms with Gasteiger partial charge in [-0.05, 0) is 26.3 Å². The molecule has 4 heteroatoms. The van der Waals surface area contributed by atoms with E-state index >= 15 is 0 Å². The molecule has 1 N–H and O–H groups in total. The molecule has 0 aromatic carbocycles. The monoisotopic (exact) mass is 198 g/mol. The standard InChI is InChI=1S/C10H18N2O2/c1-11-5-7-12(8-6-11)10(9(13)14)3-2-4-10/h2-8H2,1H3,(H,13,14). The first-order valence-corrected chi connectivity index (χ1v) is 5.32. The van der Waals surface area contributed by atoms with Crippen LogP contribution >= 0.6 is 0 Å². The fraction of sp³-hybridized carbons (Fsp3) is 0.900. The molecule has 0 spiro atoms. The first kappa shape index (κ1) is 9.93. The predicted molar refractivity (Wildman–Crippen MR) is 53.3 cm³/mol. The van der Waals surface area contributed by atoms with Gasteiger partial charge in [0, 0.05) is 26.2 Å². The minimum absolute atomic E-state index is 0.499. The van der Waals surface area contributed by atoms with Crippen molar-refractivity contribution in [3.8, 4) is 0 Å². The summed E-state index contributed by atoms with van der Waals surface area (Å²) in [7, 11) is 2.09. The largest absolute Gasteiger partial charge is 0.480 e. The zero-order valence-corrected chi connectivity index (χ0v) is 8.70. The molecule has 0 unspecified atom stereocenters. The van der Waals surface area contributed by atoms with Crippen LogP contribution in [0.25, 0.3) is 0 Å². The molecule has 2 rings (SSSR count). The molecule has 0 amide bonds. The average Bonchev–Trinajstić information content (AvgIpc) is 2.05. The van der Waals surface area contributed by atoms with Crippen LogP contribution in [0.5, 0.6) is 0 Å². The number of carboxylic acids is 1. The van der Waals surface area contributed by atoms with Gasteiger partial charge in [-0.2, -0.15) is 0 Å². The van der Waals surface area contributed by atoms with E-state index < -0.39 is 11.5 Å². The minimum Gasteiger partial charge on any atom is -0.480 e. The number of hydrogen-bond donors (Lipinski definition) is 1. The molecule has 4 nitrogen and oxygen atoms in total. The highest BCUT2D eigenvalue weighted by atomic mass is 16.4. The predicted octanol–water partition coefficient (Wildman–Crippen LogP) is 0.241. The maximum atomic E-state index is 11.2. The maximum Gasteiger partial charge on any atom is 0.324 e. The fourth-order valence-corrected chi connectivity index (χ4v) is 2.41. The van der Waals surface area contributed by atoms with Crippen molar-refractivity contribution in [2.24, 2.45) is 0 Å². The van der Waals surface area contributed by atoms with Gasteiger partial charge in [0.05, 0.1) is 0 Å². The van der Waals surface area contributed by atoms with Crippen LogP contribution < -0.4 is 0 Å². The van der Waals surface area contributed by atoms with Crippen molar-refractivity contribution in [3.63, 3.8) is 0 Å². The molecule has 1 aliphatic heterocycles. The molecule has 0 bridgehead atoms. The Labute approximate surface area is 84.5 Å². The lowest BCUT2D eigenvalue weighted by molar-refractivity contribution is -0.160. The van der Waals surface area contributed by atoms with Gasteiger partial charge in [-0.15, -0.1) is 0 Å². The van der Waals surface area contributed by atoms with E-state index in [4.69, 9.17) is 0 Å². The Morgan fingerprint density at radius 3 is 2.14 bits per heavy atom. The van der Waals surface area contributed by atoms with Crippen LogP contribution in [0.2, 0.25) is 0 Å². The van der Waals surface area contributed by atoms with Gasteiger partial charge in [-0.25, -0.2) is 0 Å². The van der Waals surface area contributed by atoms with Gasteiger partial charge in [0.15, 0.2) is 0 Å². The molecule has 1 saturated carbocycles. The van der Waals surface area contributed by atoms with Gasteiger partial charge in [0.25, 0.3) is 0 Å². The van der Waals surface area contributed by atoms with E-state index in [2.05, 4.69) is 16.8 Å². The highest BCUT2D eigenvalue weighted by Crippen LogP contribution is 2.38. The van der Waals surface area contributed by atoms with Crippen molar-refractivity contribution in [2.45, 2.75) is 24.8 Å². The summed E-state index contributed by atoms with van der Waals surface area (Å²) in [4.78, 5) is 15.6. The minimum atomic E-state index is -0.617. The third-order valence-electron chi connectivity index (χ3n) is 3.69. The van der Waals surface area contributed by atoms with E-state index in [9.17, 15) is 9.90 Å². The molecule has 0 radical (unpaired) electrons. The van der Waals surface area contributed by atoms with E-state index in [1.54, 1.807) is 0 Å². The molecule has 0 aromatic rings. The Balaban J connectivity index is 2.02. The van der Waals surface area contributed by atoms with Crippen molar-refractivity contribution < 1.29 is 9.90 Å². The Bertz CT molecular complexity index is 230. The lowest BCUT2D eigenvalue weighted by Gasteiger charge is -2.49. The molecule has 0 atom stereocenters. The van der Waals surface area contributed by atoms with Crippen LogP contribution in [0, 0.1) is 0 Å². The Morgan fingerprint density at radius 2 is 1.79 bits per heavy atom. The summed E-state index contributed by atoms with van der Waals surface area (Å²) in [5.41, 5.74) is -0.499. The third-order valence-corrected chi connectivity index (χ3v) is 3.69. The quantitative estimate of drug-likeness (QED) is 0.690. The lowest BCUT2D eigenvalue weighted by atomic mass is 9.75. The molecule has 2 aliphatic rings. The van der Waals surface area contributed by atoms with E-state index in [1.807, 2.05) is 0 Å². The summed E-state index contributed by atoms with van der Waals surface area (Å²) in [5.74, 6) is -0.617. The number of hydrogen-bond acceptors (Lipinski definition) is 3. The average molecular weight is 198 g/mol. The molecule has 1 heterocycles. The van der Waals surface area contributed by atoms with Crippen LogP contribution in [-0.2, 0) is 4.79 Å². The number of carbonyl (C=O) groups is 1. The van der Waals surface area contributed by atoms with Crippen LogP contribution in [0.15, 0.2) is 0 Å². The van der Waals surface area contributed by atoms with Gasteiger partial charge < -0.3 is 10.0 Å². The Morgan fingerprint density at radius 1 is 1.21 bits per heavy atom. The van der Waals surface area contributed by atoms with Crippen LogP contribution in [0.3, 0.4) is 0 Å². The van der Waals surface area contributed by atoms with E-state index in [1.165, 1.54) is 0 Å². The first-order valence-electron chi connectivity index (χ1n) is 5.32. The van der Waals surface area contributed by atoms with Crippen molar-refractivity contribution in [1.29, 1.82) is 0 Å². The molecule has 1 aliphatic carbocycles. The second-order valence-corrected chi connectivity index (χ2v) is 4.48. The van der Waals surface area contributed by atoms with E-state index in [0.717, 1.165) is 45.4 Å². The van der Waals surface area contributed by atoms with E-state index in [-0.39, 0.29) is 0 Å².